The lowest BCUT2D eigenvalue weighted by molar-refractivity contribution is 0.761. The maximum Gasteiger partial charge on any atom is 0.147 e. The summed E-state index contributed by atoms with van der Waals surface area (Å²) in [4.78, 5) is 8.04. The van der Waals surface area contributed by atoms with Crippen molar-refractivity contribution in [3.8, 4) is 0 Å². The molecule has 3 nitrogen and oxygen atoms in total. The molecule has 0 radical (unpaired) electrons. The molecular formula is C10H9Cl2N3. The predicted molar refractivity (Wildman–Crippen MR) is 60.3 cm³/mol. The van der Waals surface area contributed by atoms with Crippen LogP contribution in [0, 0.1) is 6.92 Å². The molecule has 0 saturated heterocycles. The molecule has 0 N–H and O–H groups in total. The van der Waals surface area contributed by atoms with Gasteiger partial charge in [-0.15, -0.1) is 0 Å². The number of halogens is 2. The van der Waals surface area contributed by atoms with Crippen molar-refractivity contribution in [2.45, 2.75) is 13.5 Å². The van der Waals surface area contributed by atoms with Crippen molar-refractivity contribution in [1.29, 1.82) is 0 Å². The van der Waals surface area contributed by atoms with Crippen LogP contribution in [0.5, 0.6) is 0 Å². The molecule has 0 amide bonds. The van der Waals surface area contributed by atoms with Crippen molar-refractivity contribution < 1.29 is 0 Å². The zero-order chi connectivity index (χ0) is 10.8. The lowest BCUT2D eigenvalue weighted by atomic mass is 10.2. The zero-order valence-corrected chi connectivity index (χ0v) is 9.63. The van der Waals surface area contributed by atoms with Gasteiger partial charge in [0.1, 0.15) is 11.0 Å². The van der Waals surface area contributed by atoms with E-state index in [4.69, 9.17) is 23.2 Å². The lowest BCUT2D eigenvalue weighted by Crippen LogP contribution is -2.01. The number of aryl methyl sites for hydroxylation is 1. The van der Waals surface area contributed by atoms with Crippen LogP contribution >= 0.6 is 23.2 Å². The summed E-state index contributed by atoms with van der Waals surface area (Å²) in [7, 11) is 0. The molecule has 0 atom stereocenters. The molecule has 0 unspecified atom stereocenters. The van der Waals surface area contributed by atoms with Gasteiger partial charge >= 0.3 is 0 Å². The van der Waals surface area contributed by atoms with Crippen molar-refractivity contribution in [2.24, 2.45) is 0 Å². The Balaban J connectivity index is 2.33. The first-order chi connectivity index (χ1) is 7.18. The molecule has 2 aromatic rings. The van der Waals surface area contributed by atoms with Gasteiger partial charge in [0, 0.05) is 18.6 Å². The smallest absolute Gasteiger partial charge is 0.147 e. The predicted octanol–water partition coefficient (Wildman–Crippen LogP) is 2.94. The van der Waals surface area contributed by atoms with E-state index >= 15 is 0 Å². The molecule has 0 saturated carbocycles. The maximum absolute atomic E-state index is 6.03. The van der Waals surface area contributed by atoms with Crippen molar-refractivity contribution in [2.75, 3.05) is 0 Å². The molecule has 0 aliphatic heterocycles. The highest BCUT2D eigenvalue weighted by molar-refractivity contribution is 6.41. The molecular weight excluding hydrogens is 233 g/mol. The summed E-state index contributed by atoms with van der Waals surface area (Å²) in [6.45, 7) is 2.60. The van der Waals surface area contributed by atoms with Crippen LogP contribution in [0.4, 0.5) is 0 Å². The monoisotopic (exact) mass is 241 g/mol. The molecule has 2 heterocycles. The number of aromatic nitrogens is 3. The van der Waals surface area contributed by atoms with E-state index in [1.807, 2.05) is 23.8 Å². The molecule has 15 heavy (non-hydrogen) atoms. The van der Waals surface area contributed by atoms with Gasteiger partial charge in [-0.25, -0.2) is 9.97 Å². The molecule has 0 aliphatic rings. The molecule has 2 aromatic heterocycles. The molecule has 0 bridgehead atoms. The van der Waals surface area contributed by atoms with Gasteiger partial charge in [0.15, 0.2) is 0 Å². The summed E-state index contributed by atoms with van der Waals surface area (Å²) in [5, 5.41) is 0.846. The van der Waals surface area contributed by atoms with E-state index in [2.05, 4.69) is 9.97 Å². The normalized spacial score (nSPS) is 10.6. The first-order valence-corrected chi connectivity index (χ1v) is 5.20. The molecule has 0 fully saturated rings. The van der Waals surface area contributed by atoms with Gasteiger partial charge in [-0.05, 0) is 18.6 Å². The fourth-order valence-electron chi connectivity index (χ4n) is 1.33. The second kappa shape index (κ2) is 4.21. The summed E-state index contributed by atoms with van der Waals surface area (Å²) in [6, 6.07) is 1.85. The van der Waals surface area contributed by atoms with Gasteiger partial charge < -0.3 is 4.57 Å². The topological polar surface area (TPSA) is 30.7 Å². The Morgan fingerprint density at radius 1 is 1.27 bits per heavy atom. The van der Waals surface area contributed by atoms with E-state index in [1.165, 1.54) is 0 Å². The van der Waals surface area contributed by atoms with E-state index in [0.717, 1.165) is 11.4 Å². The minimum absolute atomic E-state index is 0.340. The third-order valence-electron chi connectivity index (χ3n) is 2.19. The summed E-state index contributed by atoms with van der Waals surface area (Å²) in [5.74, 6) is 0.944. The Kier molecular flexibility index (Phi) is 2.93. The van der Waals surface area contributed by atoms with Crippen LogP contribution in [0.25, 0.3) is 0 Å². The van der Waals surface area contributed by atoms with E-state index in [9.17, 15) is 0 Å². The van der Waals surface area contributed by atoms with Crippen LogP contribution in [0.15, 0.2) is 24.7 Å². The van der Waals surface area contributed by atoms with Crippen molar-refractivity contribution in [3.63, 3.8) is 0 Å². The standard InChI is InChI=1S/C10H9Cl2N3/c1-7-13-4-5-15(7)6-8-2-3-14-10(12)9(8)11/h2-5H,6H2,1H3. The van der Waals surface area contributed by atoms with Crippen LogP contribution in [0.3, 0.4) is 0 Å². The number of hydrogen-bond acceptors (Lipinski definition) is 2. The molecule has 78 valence electrons. The third-order valence-corrected chi connectivity index (χ3v) is 3.00. The number of nitrogens with zero attached hydrogens (tertiary/aromatic N) is 3. The Morgan fingerprint density at radius 3 is 2.73 bits per heavy atom. The summed E-state index contributed by atoms with van der Waals surface area (Å²) < 4.78 is 2.00. The van der Waals surface area contributed by atoms with Gasteiger partial charge in [0.05, 0.1) is 11.6 Å². The number of rotatable bonds is 2. The number of imidazole rings is 1. The maximum atomic E-state index is 6.03. The second-order valence-electron chi connectivity index (χ2n) is 3.18. The van der Waals surface area contributed by atoms with E-state index < -0.39 is 0 Å². The van der Waals surface area contributed by atoms with Crippen molar-refractivity contribution in [1.82, 2.24) is 14.5 Å². The van der Waals surface area contributed by atoms with Gasteiger partial charge in [-0.3, -0.25) is 0 Å². The fraction of sp³-hybridized carbons (Fsp3) is 0.200. The van der Waals surface area contributed by atoms with Gasteiger partial charge in [-0.1, -0.05) is 23.2 Å². The highest BCUT2D eigenvalue weighted by Crippen LogP contribution is 2.23. The fourth-order valence-corrected chi connectivity index (χ4v) is 1.68. The Morgan fingerprint density at radius 2 is 2.07 bits per heavy atom. The first kappa shape index (κ1) is 10.5. The summed E-state index contributed by atoms with van der Waals surface area (Å²) in [5.41, 5.74) is 0.942. The number of hydrogen-bond donors (Lipinski definition) is 0. The Hall–Kier alpha value is -1.06. The Labute approximate surface area is 97.7 Å². The average Bonchev–Trinajstić information content (AvgIpc) is 2.60. The molecule has 2 rings (SSSR count). The minimum atomic E-state index is 0.340. The van der Waals surface area contributed by atoms with E-state index in [-0.39, 0.29) is 0 Å². The zero-order valence-electron chi connectivity index (χ0n) is 8.11. The highest BCUT2D eigenvalue weighted by Gasteiger charge is 2.06. The first-order valence-electron chi connectivity index (χ1n) is 4.45. The van der Waals surface area contributed by atoms with Crippen LogP contribution in [0.2, 0.25) is 10.2 Å². The second-order valence-corrected chi connectivity index (χ2v) is 3.91. The minimum Gasteiger partial charge on any atom is -0.331 e. The summed E-state index contributed by atoms with van der Waals surface area (Å²) in [6.07, 6.45) is 5.31. The molecule has 5 heteroatoms. The van der Waals surface area contributed by atoms with Gasteiger partial charge in [-0.2, -0.15) is 0 Å². The third kappa shape index (κ3) is 2.13. The lowest BCUT2D eigenvalue weighted by Gasteiger charge is -2.07. The largest absolute Gasteiger partial charge is 0.331 e. The van der Waals surface area contributed by atoms with E-state index in [0.29, 0.717) is 16.7 Å². The Bertz CT molecular complexity index is 479. The van der Waals surface area contributed by atoms with Crippen LogP contribution < -0.4 is 0 Å². The quantitative estimate of drug-likeness (QED) is 0.758. The van der Waals surface area contributed by atoms with Crippen molar-refractivity contribution >= 4 is 23.2 Å². The SMILES string of the molecule is Cc1nccn1Cc1ccnc(Cl)c1Cl. The van der Waals surface area contributed by atoms with Crippen molar-refractivity contribution in [3.05, 3.63) is 46.2 Å². The highest BCUT2D eigenvalue weighted by atomic mass is 35.5. The molecule has 0 aromatic carbocycles. The average molecular weight is 242 g/mol. The van der Waals surface area contributed by atoms with Gasteiger partial charge in [0.2, 0.25) is 0 Å². The van der Waals surface area contributed by atoms with Crippen LogP contribution in [-0.2, 0) is 6.54 Å². The van der Waals surface area contributed by atoms with Gasteiger partial charge in [0.25, 0.3) is 0 Å². The van der Waals surface area contributed by atoms with E-state index in [1.54, 1.807) is 12.4 Å². The molecule has 0 spiro atoms. The van der Waals surface area contributed by atoms with Crippen LogP contribution in [-0.4, -0.2) is 14.5 Å². The molecule has 0 aliphatic carbocycles. The summed E-state index contributed by atoms with van der Waals surface area (Å²) >= 11 is 11.9. The number of pyridine rings is 1. The van der Waals surface area contributed by atoms with Crippen LogP contribution in [0.1, 0.15) is 11.4 Å².